The van der Waals surface area contributed by atoms with Gasteiger partial charge in [0.15, 0.2) is 12.7 Å². The Morgan fingerprint density at radius 1 is 1.22 bits per heavy atom. The Bertz CT molecular complexity index is 797. The van der Waals surface area contributed by atoms with Gasteiger partial charge < -0.3 is 19.9 Å². The lowest BCUT2D eigenvalue weighted by atomic mass is 10.1. The first-order valence-corrected chi connectivity index (χ1v) is 8.56. The Morgan fingerprint density at radius 3 is 2.56 bits per heavy atom. The third-order valence-corrected chi connectivity index (χ3v) is 3.86. The van der Waals surface area contributed by atoms with Gasteiger partial charge in [-0.2, -0.15) is 0 Å². The Balaban J connectivity index is 1.77. The number of carboxylic acids is 1. The van der Waals surface area contributed by atoms with Crippen molar-refractivity contribution in [2.24, 2.45) is 0 Å². The Kier molecular flexibility index (Phi) is 7.43. The summed E-state index contributed by atoms with van der Waals surface area (Å²) < 4.78 is 23.5. The van der Waals surface area contributed by atoms with Crippen molar-refractivity contribution in [3.63, 3.8) is 0 Å². The van der Waals surface area contributed by atoms with Crippen molar-refractivity contribution < 1.29 is 28.6 Å². The van der Waals surface area contributed by atoms with E-state index in [0.717, 1.165) is 11.6 Å². The highest BCUT2D eigenvalue weighted by Crippen LogP contribution is 2.25. The van der Waals surface area contributed by atoms with Crippen molar-refractivity contribution in [1.29, 1.82) is 0 Å². The first kappa shape index (κ1) is 20.5. The van der Waals surface area contributed by atoms with Gasteiger partial charge in [-0.3, -0.25) is 4.79 Å². The van der Waals surface area contributed by atoms with Gasteiger partial charge in [-0.25, -0.2) is 9.18 Å². The number of benzene rings is 2. The van der Waals surface area contributed by atoms with E-state index in [2.05, 4.69) is 5.32 Å². The van der Waals surface area contributed by atoms with Crippen LogP contribution in [0, 0.1) is 5.82 Å². The summed E-state index contributed by atoms with van der Waals surface area (Å²) in [6, 6.07) is 10.6. The molecule has 0 aliphatic heterocycles. The summed E-state index contributed by atoms with van der Waals surface area (Å²) in [5.41, 5.74) is 0.952. The number of aliphatic carboxylic acids is 1. The molecule has 1 amide bonds. The molecule has 0 heterocycles. The maximum atomic E-state index is 13.0. The average Bonchev–Trinajstić information content (AvgIpc) is 2.63. The topological polar surface area (TPSA) is 84.9 Å². The second kappa shape index (κ2) is 9.78. The number of carbonyl (C=O) groups excluding carboxylic acids is 1. The summed E-state index contributed by atoms with van der Waals surface area (Å²) in [6.45, 7) is 1.56. The molecule has 0 radical (unpaired) electrons. The third kappa shape index (κ3) is 6.79. The van der Waals surface area contributed by atoms with Crippen LogP contribution in [0.1, 0.15) is 12.5 Å². The molecular formula is C19H19ClFNO5. The summed E-state index contributed by atoms with van der Waals surface area (Å²) in [7, 11) is 0. The molecule has 0 saturated heterocycles. The van der Waals surface area contributed by atoms with E-state index in [1.54, 1.807) is 31.2 Å². The zero-order valence-electron chi connectivity index (χ0n) is 14.6. The van der Waals surface area contributed by atoms with Gasteiger partial charge in [0.25, 0.3) is 5.91 Å². The van der Waals surface area contributed by atoms with Gasteiger partial charge in [0.1, 0.15) is 17.3 Å². The zero-order chi connectivity index (χ0) is 19.8. The lowest BCUT2D eigenvalue weighted by Gasteiger charge is -2.15. The van der Waals surface area contributed by atoms with Crippen LogP contribution in [0.15, 0.2) is 42.5 Å². The zero-order valence-corrected chi connectivity index (χ0v) is 15.3. The molecule has 27 heavy (non-hydrogen) atoms. The van der Waals surface area contributed by atoms with Crippen LogP contribution in [-0.2, 0) is 16.0 Å². The van der Waals surface area contributed by atoms with E-state index in [1.165, 1.54) is 12.1 Å². The molecule has 0 bridgehead atoms. The van der Waals surface area contributed by atoms with E-state index in [-0.39, 0.29) is 16.7 Å². The van der Waals surface area contributed by atoms with Crippen LogP contribution in [0.3, 0.4) is 0 Å². The van der Waals surface area contributed by atoms with Gasteiger partial charge in [-0.15, -0.1) is 0 Å². The molecule has 8 heteroatoms. The van der Waals surface area contributed by atoms with E-state index in [4.69, 9.17) is 26.2 Å². The predicted octanol–water partition coefficient (Wildman–Crippen LogP) is 3.07. The van der Waals surface area contributed by atoms with Crippen molar-refractivity contribution in [2.75, 3.05) is 13.2 Å². The quantitative estimate of drug-likeness (QED) is 0.681. The smallest absolute Gasteiger partial charge is 0.341 e. The van der Waals surface area contributed by atoms with Crippen LogP contribution in [-0.4, -0.2) is 36.2 Å². The molecule has 0 spiro atoms. The summed E-state index contributed by atoms with van der Waals surface area (Å²) in [6.07, 6.45) is -0.214. The van der Waals surface area contributed by atoms with E-state index in [9.17, 15) is 14.0 Å². The molecule has 1 unspecified atom stereocenters. The Labute approximate surface area is 160 Å². The van der Waals surface area contributed by atoms with Gasteiger partial charge >= 0.3 is 5.97 Å². The Morgan fingerprint density at radius 2 is 1.93 bits per heavy atom. The fourth-order valence-corrected chi connectivity index (χ4v) is 2.40. The molecule has 0 aliphatic carbocycles. The van der Waals surface area contributed by atoms with Crippen molar-refractivity contribution in [2.45, 2.75) is 19.4 Å². The monoisotopic (exact) mass is 395 g/mol. The normalized spacial score (nSPS) is 11.5. The van der Waals surface area contributed by atoms with Gasteiger partial charge in [-0.1, -0.05) is 23.7 Å². The lowest BCUT2D eigenvalue weighted by molar-refractivity contribution is -0.139. The van der Waals surface area contributed by atoms with E-state index in [0.29, 0.717) is 18.7 Å². The highest BCUT2D eigenvalue weighted by molar-refractivity contribution is 6.32. The summed E-state index contributed by atoms with van der Waals surface area (Å²) >= 11 is 5.88. The number of rotatable bonds is 9. The van der Waals surface area contributed by atoms with Crippen LogP contribution in [0.5, 0.6) is 11.5 Å². The van der Waals surface area contributed by atoms with E-state index < -0.39 is 24.5 Å². The second-order valence-corrected chi connectivity index (χ2v) is 6.11. The van der Waals surface area contributed by atoms with Gasteiger partial charge in [0.05, 0.1) is 5.02 Å². The van der Waals surface area contributed by atoms with Crippen LogP contribution in [0.4, 0.5) is 4.39 Å². The molecule has 0 aliphatic rings. The molecule has 0 fully saturated rings. The van der Waals surface area contributed by atoms with Crippen molar-refractivity contribution in [3.05, 3.63) is 58.9 Å². The van der Waals surface area contributed by atoms with Crippen LogP contribution in [0.25, 0.3) is 0 Å². The number of ether oxygens (including phenoxy) is 2. The average molecular weight is 396 g/mol. The lowest BCUT2D eigenvalue weighted by Crippen LogP contribution is -2.37. The Hall–Kier alpha value is -2.80. The molecule has 2 rings (SSSR count). The van der Waals surface area contributed by atoms with Crippen molar-refractivity contribution in [3.8, 4) is 11.5 Å². The maximum absolute atomic E-state index is 13.0. The fourth-order valence-electron chi connectivity index (χ4n) is 2.19. The predicted molar refractivity (Wildman–Crippen MR) is 97.8 cm³/mol. The van der Waals surface area contributed by atoms with Crippen LogP contribution >= 0.6 is 11.6 Å². The summed E-state index contributed by atoms with van der Waals surface area (Å²) in [5, 5.41) is 11.4. The molecule has 144 valence electrons. The largest absolute Gasteiger partial charge is 0.482 e. The maximum Gasteiger partial charge on any atom is 0.341 e. The molecule has 0 aromatic heterocycles. The molecule has 2 aromatic rings. The number of amides is 1. The summed E-state index contributed by atoms with van der Waals surface area (Å²) in [5.74, 6) is -1.15. The second-order valence-electron chi connectivity index (χ2n) is 5.70. The number of hydrogen-bond donors (Lipinski definition) is 2. The number of carbonyl (C=O) groups is 2. The molecule has 2 aromatic carbocycles. The molecule has 1 atom stereocenters. The summed E-state index contributed by atoms with van der Waals surface area (Å²) in [4.78, 5) is 22.5. The van der Waals surface area contributed by atoms with Gasteiger partial charge in [-0.05, 0) is 49.2 Å². The van der Waals surface area contributed by atoms with E-state index >= 15 is 0 Å². The third-order valence-electron chi connectivity index (χ3n) is 3.57. The number of nitrogens with one attached hydrogen (secondary N) is 1. The van der Waals surface area contributed by atoms with Crippen LogP contribution < -0.4 is 14.8 Å². The van der Waals surface area contributed by atoms with Crippen LogP contribution in [0.2, 0.25) is 5.02 Å². The van der Waals surface area contributed by atoms with Crippen molar-refractivity contribution in [1.82, 2.24) is 5.32 Å². The fraction of sp³-hybridized carbons (Fsp3) is 0.263. The molecular weight excluding hydrogens is 377 g/mol. The highest BCUT2D eigenvalue weighted by Gasteiger charge is 2.16. The molecule has 0 saturated carbocycles. The number of carboxylic acid groups (broad SMARTS) is 1. The number of hydrogen-bond acceptors (Lipinski definition) is 4. The minimum atomic E-state index is -1.04. The molecule has 2 N–H and O–H groups in total. The first-order chi connectivity index (χ1) is 12.8. The SMILES string of the molecule is CC(Oc1ccc(F)cc1Cl)C(=O)NCCc1ccc(OCC(=O)O)cc1. The van der Waals surface area contributed by atoms with Gasteiger partial charge in [0, 0.05) is 6.54 Å². The van der Waals surface area contributed by atoms with E-state index in [1.807, 2.05) is 0 Å². The standard InChI is InChI=1S/C19H19ClFNO5/c1-12(27-17-7-4-14(21)10-16(17)20)19(25)22-9-8-13-2-5-15(6-3-13)26-11-18(23)24/h2-7,10,12H,8-9,11H2,1H3,(H,22,25)(H,23,24). The first-order valence-electron chi connectivity index (χ1n) is 8.18. The number of halogens is 2. The van der Waals surface area contributed by atoms with Crippen molar-refractivity contribution >= 4 is 23.5 Å². The highest BCUT2D eigenvalue weighted by atomic mass is 35.5. The molecule has 6 nitrogen and oxygen atoms in total. The minimum Gasteiger partial charge on any atom is -0.482 e. The minimum absolute atomic E-state index is 0.0971. The van der Waals surface area contributed by atoms with Gasteiger partial charge in [0.2, 0.25) is 0 Å².